The number of nitrogens with one attached hydrogen (secondary N) is 2. The molecule has 0 spiro atoms. The predicted octanol–water partition coefficient (Wildman–Crippen LogP) is 3.87. The van der Waals surface area contributed by atoms with Crippen LogP contribution >= 0.6 is 23.4 Å². The van der Waals surface area contributed by atoms with E-state index in [1.807, 2.05) is 0 Å². The summed E-state index contributed by atoms with van der Waals surface area (Å²) in [5, 5.41) is 14.8. The summed E-state index contributed by atoms with van der Waals surface area (Å²) >= 11 is 7.31. The van der Waals surface area contributed by atoms with E-state index in [9.17, 15) is 14.4 Å². The average Bonchev–Trinajstić information content (AvgIpc) is 3.19. The first-order valence-electron chi connectivity index (χ1n) is 10.4. The summed E-state index contributed by atoms with van der Waals surface area (Å²) in [6, 6.07) is 12.8. The zero-order valence-corrected chi connectivity index (χ0v) is 20.4. The zero-order valence-electron chi connectivity index (χ0n) is 18.9. The Balaban J connectivity index is 1.54. The lowest BCUT2D eigenvalue weighted by atomic mass is 10.2. The van der Waals surface area contributed by atoms with Crippen LogP contribution in [0.4, 0.5) is 5.69 Å². The molecule has 1 aromatic heterocycles. The number of halogens is 1. The van der Waals surface area contributed by atoms with E-state index in [0.717, 1.165) is 0 Å². The molecule has 0 aliphatic carbocycles. The lowest BCUT2D eigenvalue weighted by molar-refractivity contribution is -0.113. The van der Waals surface area contributed by atoms with Crippen LogP contribution in [0, 0.1) is 0 Å². The zero-order chi connectivity index (χ0) is 24.7. The Morgan fingerprint density at radius 3 is 2.50 bits per heavy atom. The number of anilines is 1. The van der Waals surface area contributed by atoms with Gasteiger partial charge in [0.1, 0.15) is 0 Å². The van der Waals surface area contributed by atoms with E-state index in [0.29, 0.717) is 39.4 Å². The molecule has 1 atom stereocenters. The van der Waals surface area contributed by atoms with Crippen LogP contribution in [-0.2, 0) is 16.6 Å². The number of nitrogens with zero attached hydrogens (tertiary/aromatic N) is 3. The van der Waals surface area contributed by atoms with E-state index in [1.54, 1.807) is 74.0 Å². The fourth-order valence-corrected chi connectivity index (χ4v) is 3.98. The highest BCUT2D eigenvalue weighted by molar-refractivity contribution is 7.99. The summed E-state index contributed by atoms with van der Waals surface area (Å²) in [5.41, 5.74) is 1.35. The van der Waals surface area contributed by atoms with Gasteiger partial charge in [-0.2, -0.15) is 0 Å². The minimum atomic E-state index is -0.428. The Kier molecular flexibility index (Phi) is 8.67. The maximum atomic E-state index is 12.5. The minimum Gasteiger partial charge on any atom is -0.462 e. The Morgan fingerprint density at radius 2 is 1.82 bits per heavy atom. The fourth-order valence-electron chi connectivity index (χ4n) is 3.04. The number of ether oxygens (including phenoxy) is 1. The highest BCUT2D eigenvalue weighted by Crippen LogP contribution is 2.21. The Morgan fingerprint density at radius 1 is 1.12 bits per heavy atom. The summed E-state index contributed by atoms with van der Waals surface area (Å²) < 4.78 is 6.67. The number of carbonyl (C=O) groups is 3. The Hall–Kier alpha value is -3.37. The molecule has 0 aliphatic heterocycles. The number of hydrogen-bond acceptors (Lipinski definition) is 7. The average molecular weight is 502 g/mol. The van der Waals surface area contributed by atoms with Gasteiger partial charge in [0.05, 0.1) is 34.6 Å². The lowest BCUT2D eigenvalue weighted by Gasteiger charge is -2.14. The molecule has 3 aromatic rings. The number of rotatable bonds is 9. The van der Waals surface area contributed by atoms with E-state index in [4.69, 9.17) is 16.3 Å². The maximum Gasteiger partial charge on any atom is 0.338 e. The van der Waals surface area contributed by atoms with E-state index in [-0.39, 0.29) is 17.6 Å². The molecule has 2 aromatic carbocycles. The number of aromatic nitrogens is 3. The molecule has 2 amide bonds. The number of carbonyl (C=O) groups excluding carboxylic acids is 3. The van der Waals surface area contributed by atoms with Gasteiger partial charge >= 0.3 is 5.97 Å². The van der Waals surface area contributed by atoms with Crippen molar-refractivity contribution in [2.45, 2.75) is 25.0 Å². The van der Waals surface area contributed by atoms with Crippen molar-refractivity contribution in [1.82, 2.24) is 20.1 Å². The molecule has 11 heteroatoms. The molecule has 9 nitrogen and oxygen atoms in total. The number of amides is 2. The SMILES string of the molecule is CCOC(=O)c1ccc(NC(=O)CSc2nnc([C@@H](C)NC(=O)c3ccccc3Cl)n2C)cc1. The molecule has 0 aliphatic rings. The molecular formula is C23H24ClN5O4S. The summed E-state index contributed by atoms with van der Waals surface area (Å²) in [5.74, 6) is -0.322. The normalized spacial score (nSPS) is 11.5. The first-order chi connectivity index (χ1) is 16.3. The number of esters is 1. The molecule has 0 fully saturated rings. The standard InChI is InChI=1S/C23H24ClN5O4S/c1-4-33-22(32)15-9-11-16(12-10-15)26-19(30)13-34-23-28-27-20(29(23)3)14(2)25-21(31)17-7-5-6-8-18(17)24/h5-12,14H,4,13H2,1-3H3,(H,25,31)(H,26,30)/t14-/m1/s1. The van der Waals surface area contributed by atoms with E-state index in [1.165, 1.54) is 11.8 Å². The molecule has 34 heavy (non-hydrogen) atoms. The molecule has 0 saturated heterocycles. The third-order valence-electron chi connectivity index (χ3n) is 4.73. The number of benzene rings is 2. The van der Waals surface area contributed by atoms with Crippen molar-refractivity contribution in [3.63, 3.8) is 0 Å². The van der Waals surface area contributed by atoms with Crippen LogP contribution < -0.4 is 10.6 Å². The van der Waals surface area contributed by atoms with Crippen LogP contribution in [0.1, 0.15) is 46.4 Å². The largest absolute Gasteiger partial charge is 0.462 e. The van der Waals surface area contributed by atoms with Gasteiger partial charge in [-0.3, -0.25) is 9.59 Å². The second-order valence-electron chi connectivity index (χ2n) is 7.21. The summed E-state index contributed by atoms with van der Waals surface area (Å²) in [6.07, 6.45) is 0. The topological polar surface area (TPSA) is 115 Å². The summed E-state index contributed by atoms with van der Waals surface area (Å²) in [4.78, 5) is 36.6. The molecule has 0 bridgehead atoms. The van der Waals surface area contributed by atoms with Crippen LogP contribution in [0.15, 0.2) is 53.7 Å². The van der Waals surface area contributed by atoms with Gasteiger partial charge in [-0.25, -0.2) is 4.79 Å². The van der Waals surface area contributed by atoms with Crippen LogP contribution in [-0.4, -0.2) is 44.9 Å². The van der Waals surface area contributed by atoms with Crippen LogP contribution in [0.25, 0.3) is 0 Å². The van der Waals surface area contributed by atoms with E-state index in [2.05, 4.69) is 20.8 Å². The maximum absolute atomic E-state index is 12.5. The molecule has 0 unspecified atom stereocenters. The highest BCUT2D eigenvalue weighted by Gasteiger charge is 2.20. The van der Waals surface area contributed by atoms with Crippen molar-refractivity contribution < 1.29 is 19.1 Å². The second kappa shape index (κ2) is 11.7. The Labute approximate surface area is 206 Å². The summed E-state index contributed by atoms with van der Waals surface area (Å²) in [7, 11) is 1.77. The van der Waals surface area contributed by atoms with E-state index < -0.39 is 12.0 Å². The van der Waals surface area contributed by atoms with Crippen molar-refractivity contribution in [2.24, 2.45) is 7.05 Å². The van der Waals surface area contributed by atoms with Gasteiger partial charge in [0.2, 0.25) is 5.91 Å². The van der Waals surface area contributed by atoms with Crippen molar-refractivity contribution in [1.29, 1.82) is 0 Å². The lowest BCUT2D eigenvalue weighted by Crippen LogP contribution is -2.28. The summed E-state index contributed by atoms with van der Waals surface area (Å²) in [6.45, 7) is 3.83. The van der Waals surface area contributed by atoms with Crippen molar-refractivity contribution in [3.8, 4) is 0 Å². The first-order valence-corrected chi connectivity index (χ1v) is 11.8. The van der Waals surface area contributed by atoms with Gasteiger partial charge in [0.25, 0.3) is 5.91 Å². The van der Waals surface area contributed by atoms with Crippen LogP contribution in [0.5, 0.6) is 0 Å². The first kappa shape index (κ1) is 25.3. The molecule has 0 radical (unpaired) electrons. The minimum absolute atomic E-state index is 0.103. The van der Waals surface area contributed by atoms with Gasteiger partial charge in [-0.15, -0.1) is 10.2 Å². The predicted molar refractivity (Wildman–Crippen MR) is 130 cm³/mol. The molecule has 0 saturated carbocycles. The molecule has 3 rings (SSSR count). The van der Waals surface area contributed by atoms with Gasteiger partial charge in [0.15, 0.2) is 11.0 Å². The Bertz CT molecular complexity index is 1180. The third-order valence-corrected chi connectivity index (χ3v) is 6.08. The highest BCUT2D eigenvalue weighted by atomic mass is 35.5. The van der Waals surface area contributed by atoms with Crippen LogP contribution in [0.3, 0.4) is 0 Å². The molecule has 1 heterocycles. The smallest absolute Gasteiger partial charge is 0.338 e. The van der Waals surface area contributed by atoms with Crippen LogP contribution in [0.2, 0.25) is 5.02 Å². The number of thioether (sulfide) groups is 1. The molecule has 178 valence electrons. The van der Waals surface area contributed by atoms with Gasteiger partial charge < -0.3 is 19.9 Å². The van der Waals surface area contributed by atoms with Crippen molar-refractivity contribution in [3.05, 3.63) is 70.5 Å². The fraction of sp³-hybridized carbons (Fsp3) is 0.261. The van der Waals surface area contributed by atoms with Gasteiger partial charge in [-0.1, -0.05) is 35.5 Å². The van der Waals surface area contributed by atoms with Crippen molar-refractivity contribution >= 4 is 46.8 Å². The third kappa shape index (κ3) is 6.36. The van der Waals surface area contributed by atoms with Gasteiger partial charge in [-0.05, 0) is 50.2 Å². The number of hydrogen-bond donors (Lipinski definition) is 2. The quantitative estimate of drug-likeness (QED) is 0.338. The van der Waals surface area contributed by atoms with Gasteiger partial charge in [0, 0.05) is 12.7 Å². The molecular weight excluding hydrogens is 478 g/mol. The van der Waals surface area contributed by atoms with E-state index >= 15 is 0 Å². The second-order valence-corrected chi connectivity index (χ2v) is 8.56. The van der Waals surface area contributed by atoms with Crippen molar-refractivity contribution in [2.75, 3.05) is 17.7 Å². The molecule has 2 N–H and O–H groups in total. The monoisotopic (exact) mass is 501 g/mol.